The van der Waals surface area contributed by atoms with Gasteiger partial charge in [0.05, 0.1) is 6.10 Å². The van der Waals surface area contributed by atoms with Crippen LogP contribution in [0, 0.1) is 5.92 Å². The first-order valence-corrected chi connectivity index (χ1v) is 5.19. The highest BCUT2D eigenvalue weighted by Gasteiger charge is 2.07. The van der Waals surface area contributed by atoms with E-state index in [9.17, 15) is 4.79 Å². The van der Waals surface area contributed by atoms with E-state index in [0.717, 1.165) is 18.4 Å². The molecular weight excluding hydrogens is 176 g/mol. The van der Waals surface area contributed by atoms with E-state index in [2.05, 4.69) is 13.8 Å². The van der Waals surface area contributed by atoms with Crippen molar-refractivity contribution in [3.8, 4) is 0 Å². The Morgan fingerprint density at radius 2 is 1.86 bits per heavy atom. The van der Waals surface area contributed by atoms with Gasteiger partial charge in [0.15, 0.2) is 5.78 Å². The third-order valence-corrected chi connectivity index (χ3v) is 2.32. The standard InChI is InChI=1S/C12H22O2/c1-9(2)6-7-12(14-5)8-10(3)11(4)13/h8-9,12H,6-7H2,1-5H3/b10-8+. The summed E-state index contributed by atoms with van der Waals surface area (Å²) >= 11 is 0. The molecule has 82 valence electrons. The Balaban J connectivity index is 4.14. The van der Waals surface area contributed by atoms with Gasteiger partial charge in [-0.2, -0.15) is 0 Å². The monoisotopic (exact) mass is 198 g/mol. The zero-order chi connectivity index (χ0) is 11.1. The minimum atomic E-state index is 0.0845. The lowest BCUT2D eigenvalue weighted by Crippen LogP contribution is -2.10. The lowest BCUT2D eigenvalue weighted by atomic mass is 10.0. The number of Topliss-reactive ketones (excluding diaryl/α,β-unsaturated/α-hetero) is 1. The molecule has 0 fully saturated rings. The molecule has 2 heteroatoms. The molecule has 0 saturated heterocycles. The van der Waals surface area contributed by atoms with E-state index in [1.165, 1.54) is 0 Å². The van der Waals surface area contributed by atoms with Crippen LogP contribution in [0.2, 0.25) is 0 Å². The first kappa shape index (κ1) is 13.4. The predicted molar refractivity (Wildman–Crippen MR) is 59.3 cm³/mol. The van der Waals surface area contributed by atoms with Crippen LogP contribution in [0.3, 0.4) is 0 Å². The SMILES string of the molecule is COC(/C=C(\C)C(C)=O)CCC(C)C. The maximum Gasteiger partial charge on any atom is 0.155 e. The van der Waals surface area contributed by atoms with Crippen molar-refractivity contribution in [1.29, 1.82) is 0 Å². The summed E-state index contributed by atoms with van der Waals surface area (Å²) in [5.74, 6) is 0.801. The highest BCUT2D eigenvalue weighted by molar-refractivity contribution is 5.92. The number of carbonyl (C=O) groups excluding carboxylic acids is 1. The topological polar surface area (TPSA) is 26.3 Å². The summed E-state index contributed by atoms with van der Waals surface area (Å²) in [4.78, 5) is 11.0. The fourth-order valence-corrected chi connectivity index (χ4v) is 1.16. The Hall–Kier alpha value is -0.630. The van der Waals surface area contributed by atoms with Crippen molar-refractivity contribution < 1.29 is 9.53 Å². The molecule has 0 aliphatic carbocycles. The van der Waals surface area contributed by atoms with Crippen LogP contribution in [0.5, 0.6) is 0 Å². The Morgan fingerprint density at radius 3 is 2.21 bits per heavy atom. The highest BCUT2D eigenvalue weighted by atomic mass is 16.5. The Labute approximate surface area is 87.3 Å². The molecule has 0 heterocycles. The van der Waals surface area contributed by atoms with Crippen LogP contribution < -0.4 is 0 Å². The quantitative estimate of drug-likeness (QED) is 0.613. The van der Waals surface area contributed by atoms with Gasteiger partial charge in [-0.25, -0.2) is 0 Å². The summed E-state index contributed by atoms with van der Waals surface area (Å²) < 4.78 is 5.29. The molecule has 0 saturated carbocycles. The summed E-state index contributed by atoms with van der Waals surface area (Å²) in [6.07, 6.45) is 4.12. The van der Waals surface area contributed by atoms with Crippen LogP contribution in [-0.4, -0.2) is 19.0 Å². The number of methoxy groups -OCH3 is 1. The van der Waals surface area contributed by atoms with Gasteiger partial charge in [-0.1, -0.05) is 13.8 Å². The number of hydrogen-bond donors (Lipinski definition) is 0. The van der Waals surface area contributed by atoms with Gasteiger partial charge in [0, 0.05) is 7.11 Å². The third kappa shape index (κ3) is 5.92. The van der Waals surface area contributed by atoms with Crippen molar-refractivity contribution in [2.24, 2.45) is 5.92 Å². The minimum absolute atomic E-state index is 0.0845. The van der Waals surface area contributed by atoms with Crippen LogP contribution in [0.4, 0.5) is 0 Å². The molecule has 1 atom stereocenters. The normalized spacial score (nSPS) is 14.6. The smallest absolute Gasteiger partial charge is 0.155 e. The van der Waals surface area contributed by atoms with Crippen LogP contribution >= 0.6 is 0 Å². The maximum absolute atomic E-state index is 11.0. The van der Waals surface area contributed by atoms with Crippen molar-refractivity contribution in [3.63, 3.8) is 0 Å². The molecule has 0 spiro atoms. The van der Waals surface area contributed by atoms with Gasteiger partial charge in [0.2, 0.25) is 0 Å². The lowest BCUT2D eigenvalue weighted by Gasteiger charge is -2.13. The van der Waals surface area contributed by atoms with Crippen molar-refractivity contribution in [3.05, 3.63) is 11.6 Å². The molecule has 0 bridgehead atoms. The summed E-state index contributed by atoms with van der Waals surface area (Å²) in [6, 6.07) is 0. The molecule has 0 rings (SSSR count). The minimum Gasteiger partial charge on any atom is -0.377 e. The molecular formula is C12H22O2. The van der Waals surface area contributed by atoms with E-state index in [1.54, 1.807) is 14.0 Å². The van der Waals surface area contributed by atoms with Gasteiger partial charge in [-0.3, -0.25) is 4.79 Å². The van der Waals surface area contributed by atoms with Crippen LogP contribution in [0.1, 0.15) is 40.5 Å². The van der Waals surface area contributed by atoms with E-state index in [0.29, 0.717) is 5.92 Å². The average molecular weight is 198 g/mol. The largest absolute Gasteiger partial charge is 0.377 e. The molecule has 0 aliphatic heterocycles. The second-order valence-corrected chi connectivity index (χ2v) is 4.15. The molecule has 2 nitrogen and oxygen atoms in total. The number of carbonyl (C=O) groups is 1. The second kappa shape index (κ2) is 6.77. The number of ether oxygens (including phenoxy) is 1. The molecule has 1 unspecified atom stereocenters. The number of hydrogen-bond acceptors (Lipinski definition) is 2. The third-order valence-electron chi connectivity index (χ3n) is 2.32. The first-order valence-electron chi connectivity index (χ1n) is 5.19. The Morgan fingerprint density at radius 1 is 1.29 bits per heavy atom. The molecule has 0 aromatic carbocycles. The molecule has 0 amide bonds. The average Bonchev–Trinajstić information content (AvgIpc) is 2.11. The van der Waals surface area contributed by atoms with Gasteiger partial charge in [-0.15, -0.1) is 0 Å². The highest BCUT2D eigenvalue weighted by Crippen LogP contribution is 2.11. The summed E-state index contributed by atoms with van der Waals surface area (Å²) in [5.41, 5.74) is 0.792. The zero-order valence-corrected chi connectivity index (χ0v) is 9.96. The van der Waals surface area contributed by atoms with Gasteiger partial charge >= 0.3 is 0 Å². The summed E-state index contributed by atoms with van der Waals surface area (Å²) in [5, 5.41) is 0. The molecule has 0 N–H and O–H groups in total. The summed E-state index contributed by atoms with van der Waals surface area (Å²) in [6.45, 7) is 7.80. The maximum atomic E-state index is 11.0. The van der Waals surface area contributed by atoms with Gasteiger partial charge in [0.25, 0.3) is 0 Å². The van der Waals surface area contributed by atoms with E-state index in [4.69, 9.17) is 4.74 Å². The lowest BCUT2D eigenvalue weighted by molar-refractivity contribution is -0.113. The second-order valence-electron chi connectivity index (χ2n) is 4.15. The fourth-order valence-electron chi connectivity index (χ4n) is 1.16. The van der Waals surface area contributed by atoms with Gasteiger partial charge in [-0.05, 0) is 44.3 Å². The molecule has 0 radical (unpaired) electrons. The first-order chi connectivity index (χ1) is 6.47. The zero-order valence-electron chi connectivity index (χ0n) is 9.96. The van der Waals surface area contributed by atoms with Crippen LogP contribution in [0.15, 0.2) is 11.6 Å². The molecule has 0 aromatic rings. The van der Waals surface area contributed by atoms with Crippen LogP contribution in [0.25, 0.3) is 0 Å². The number of rotatable bonds is 6. The van der Waals surface area contributed by atoms with E-state index in [-0.39, 0.29) is 11.9 Å². The van der Waals surface area contributed by atoms with E-state index < -0.39 is 0 Å². The van der Waals surface area contributed by atoms with Crippen molar-refractivity contribution in [1.82, 2.24) is 0 Å². The number of ketones is 1. The van der Waals surface area contributed by atoms with Crippen molar-refractivity contribution in [2.45, 2.75) is 46.6 Å². The van der Waals surface area contributed by atoms with Gasteiger partial charge < -0.3 is 4.74 Å². The van der Waals surface area contributed by atoms with E-state index >= 15 is 0 Å². The van der Waals surface area contributed by atoms with Crippen LogP contribution in [-0.2, 0) is 9.53 Å². The van der Waals surface area contributed by atoms with Crippen molar-refractivity contribution in [2.75, 3.05) is 7.11 Å². The van der Waals surface area contributed by atoms with Crippen molar-refractivity contribution >= 4 is 5.78 Å². The Kier molecular flexibility index (Phi) is 6.46. The molecule has 0 aromatic heterocycles. The Bertz CT molecular complexity index is 204. The predicted octanol–water partition coefficient (Wildman–Crippen LogP) is 2.97. The van der Waals surface area contributed by atoms with E-state index in [1.807, 2.05) is 13.0 Å². The fraction of sp³-hybridized carbons (Fsp3) is 0.750. The van der Waals surface area contributed by atoms with Gasteiger partial charge in [0.1, 0.15) is 0 Å². The summed E-state index contributed by atoms with van der Waals surface area (Å²) in [7, 11) is 1.69. The molecule has 14 heavy (non-hydrogen) atoms. The molecule has 0 aliphatic rings. The number of allylic oxidation sites excluding steroid dienone is 1.